The fourth-order valence-corrected chi connectivity index (χ4v) is 6.12. The molecule has 0 radical (unpaired) electrons. The van der Waals surface area contributed by atoms with Crippen molar-refractivity contribution in [2.75, 3.05) is 19.0 Å². The van der Waals surface area contributed by atoms with Crippen LogP contribution in [0.2, 0.25) is 0 Å². The van der Waals surface area contributed by atoms with Crippen LogP contribution in [-0.2, 0) is 9.59 Å². The Hall–Kier alpha value is -2.57. The van der Waals surface area contributed by atoms with E-state index in [1.165, 1.54) is 29.1 Å². The Morgan fingerprint density at radius 3 is 1.93 bits per heavy atom. The van der Waals surface area contributed by atoms with Crippen molar-refractivity contribution < 1.29 is 24.2 Å². The maximum Gasteiger partial charge on any atom is 0.414 e. The lowest BCUT2D eigenvalue weighted by atomic mass is 9.49. The minimum atomic E-state index is -1.03. The number of anilines is 1. The topological polar surface area (TPSA) is 87.1 Å². The van der Waals surface area contributed by atoms with Crippen LogP contribution in [0.3, 0.4) is 0 Å². The Bertz CT molecular complexity index is 812. The van der Waals surface area contributed by atoms with Crippen LogP contribution in [0, 0.1) is 23.2 Å². The van der Waals surface area contributed by atoms with Gasteiger partial charge in [-0.05, 0) is 87.5 Å². The Morgan fingerprint density at radius 1 is 1.00 bits per heavy atom. The molecular weight excluding hydrogens is 384 g/mol. The fraction of sp³-hybridized carbons (Fsp3) is 0.609. The first-order valence-corrected chi connectivity index (χ1v) is 10.7. The molecular formula is C23H30N2O5. The van der Waals surface area contributed by atoms with Gasteiger partial charge in [-0.15, -0.1) is 0 Å². The van der Waals surface area contributed by atoms with Crippen LogP contribution in [0.25, 0.3) is 0 Å². The molecule has 4 saturated carbocycles. The highest BCUT2D eigenvalue weighted by Gasteiger charge is 2.56. The maximum atomic E-state index is 13.9. The molecule has 4 fully saturated rings. The fourth-order valence-electron chi connectivity index (χ4n) is 6.12. The molecule has 1 aromatic rings. The van der Waals surface area contributed by atoms with Gasteiger partial charge in [0, 0.05) is 19.8 Å². The van der Waals surface area contributed by atoms with Crippen LogP contribution in [0.5, 0.6) is 5.75 Å². The van der Waals surface area contributed by atoms with Crippen LogP contribution < -0.4 is 9.64 Å². The summed E-state index contributed by atoms with van der Waals surface area (Å²) in [7, 11) is 3.19. The summed E-state index contributed by atoms with van der Waals surface area (Å²) in [5.74, 6) is 1.04. The van der Waals surface area contributed by atoms with Gasteiger partial charge in [-0.1, -0.05) is 0 Å². The second-order valence-corrected chi connectivity index (χ2v) is 9.64. The molecule has 1 aromatic carbocycles. The molecule has 162 valence electrons. The third kappa shape index (κ3) is 3.66. The first kappa shape index (κ1) is 20.7. The summed E-state index contributed by atoms with van der Waals surface area (Å²) >= 11 is 0. The number of hydrogen-bond acceptors (Lipinski definition) is 4. The zero-order chi connectivity index (χ0) is 21.6. The lowest BCUT2D eigenvalue weighted by Crippen LogP contribution is -2.57. The van der Waals surface area contributed by atoms with Gasteiger partial charge in [-0.3, -0.25) is 9.69 Å². The van der Waals surface area contributed by atoms with Gasteiger partial charge in [-0.2, -0.15) is 0 Å². The number of carbonyl (C=O) groups excluding carboxylic acids is 2. The minimum Gasteiger partial charge on any atom is -0.480 e. The predicted octanol–water partition coefficient (Wildman–Crippen LogP) is 3.77. The molecule has 2 amide bonds. The molecule has 7 heteroatoms. The highest BCUT2D eigenvalue weighted by atomic mass is 16.6. The van der Waals surface area contributed by atoms with Crippen molar-refractivity contribution in [1.29, 1.82) is 0 Å². The molecule has 1 N–H and O–H groups in total. The van der Waals surface area contributed by atoms with E-state index in [-0.39, 0.29) is 5.91 Å². The van der Waals surface area contributed by atoms with Crippen LogP contribution in [0.15, 0.2) is 24.3 Å². The Labute approximate surface area is 177 Å². The maximum absolute atomic E-state index is 13.9. The molecule has 0 unspecified atom stereocenters. The number of nitrogens with zero attached hydrogens (tertiary/aromatic N) is 2. The lowest BCUT2D eigenvalue weighted by Gasteiger charge is -2.56. The third-order valence-corrected chi connectivity index (χ3v) is 7.14. The number of hydrogen-bond donors (Lipinski definition) is 1. The lowest BCUT2D eigenvalue weighted by molar-refractivity contribution is -0.147. The molecule has 0 aliphatic heterocycles. The van der Waals surface area contributed by atoms with E-state index in [2.05, 4.69) is 0 Å². The van der Waals surface area contributed by atoms with Crippen molar-refractivity contribution >= 4 is 23.7 Å². The standard InChI is InChI=1S/C23H30N2O5/c1-14(20(26)27)25(18-4-6-19(7-5-18)30-22(29)24(2)3)21(28)23-11-15-8-16(12-23)10-17(9-15)13-23/h4-7,14-17H,8-13H2,1-3H3,(H,26,27)/t14-,15?,16?,17?,23?/m0/s1. The summed E-state index contributed by atoms with van der Waals surface area (Å²) in [4.78, 5) is 40.3. The molecule has 7 nitrogen and oxygen atoms in total. The molecule has 5 rings (SSSR count). The number of amides is 2. The largest absolute Gasteiger partial charge is 0.480 e. The van der Waals surface area contributed by atoms with Gasteiger partial charge in [-0.25, -0.2) is 9.59 Å². The number of carboxylic acid groups (broad SMARTS) is 1. The van der Waals surface area contributed by atoms with Crippen LogP contribution in [0.1, 0.15) is 45.4 Å². The quantitative estimate of drug-likeness (QED) is 0.792. The number of carboxylic acids is 1. The summed E-state index contributed by atoms with van der Waals surface area (Å²) in [6.45, 7) is 1.56. The molecule has 4 bridgehead atoms. The number of benzene rings is 1. The Kier molecular flexibility index (Phi) is 5.24. The average Bonchev–Trinajstić information content (AvgIpc) is 2.68. The number of carbonyl (C=O) groups is 3. The van der Waals surface area contributed by atoms with Gasteiger partial charge in [0.1, 0.15) is 11.8 Å². The molecule has 4 aliphatic rings. The molecule has 0 heterocycles. The van der Waals surface area contributed by atoms with E-state index in [1.807, 2.05) is 0 Å². The predicted molar refractivity (Wildman–Crippen MR) is 111 cm³/mol. The van der Waals surface area contributed by atoms with Crippen LogP contribution >= 0.6 is 0 Å². The van der Waals surface area contributed by atoms with Gasteiger partial charge in [0.05, 0.1) is 5.41 Å². The number of ether oxygens (including phenoxy) is 1. The number of rotatable bonds is 5. The van der Waals surface area contributed by atoms with Crippen LogP contribution in [0.4, 0.5) is 10.5 Å². The van der Waals surface area contributed by atoms with Gasteiger partial charge in [0.25, 0.3) is 0 Å². The first-order valence-electron chi connectivity index (χ1n) is 10.7. The van der Waals surface area contributed by atoms with Crippen molar-refractivity contribution in [2.24, 2.45) is 23.2 Å². The summed E-state index contributed by atoms with van der Waals surface area (Å²) < 4.78 is 5.25. The summed E-state index contributed by atoms with van der Waals surface area (Å²) in [5.41, 5.74) is 0.0874. The van der Waals surface area contributed by atoms with Crippen molar-refractivity contribution in [3.63, 3.8) is 0 Å². The van der Waals surface area contributed by atoms with Gasteiger partial charge in [0.15, 0.2) is 0 Å². The second-order valence-electron chi connectivity index (χ2n) is 9.64. The van der Waals surface area contributed by atoms with Crippen molar-refractivity contribution in [1.82, 2.24) is 4.90 Å². The van der Waals surface area contributed by atoms with E-state index in [4.69, 9.17) is 4.74 Å². The Morgan fingerprint density at radius 2 is 1.50 bits per heavy atom. The van der Waals surface area contributed by atoms with Crippen molar-refractivity contribution in [3.05, 3.63) is 24.3 Å². The van der Waals surface area contributed by atoms with Crippen molar-refractivity contribution in [3.8, 4) is 5.75 Å². The summed E-state index contributed by atoms with van der Waals surface area (Å²) in [6, 6.07) is 5.56. The summed E-state index contributed by atoms with van der Waals surface area (Å²) in [5, 5.41) is 9.71. The smallest absolute Gasteiger partial charge is 0.414 e. The van der Waals surface area contributed by atoms with Gasteiger partial charge < -0.3 is 14.7 Å². The van der Waals surface area contributed by atoms with E-state index in [1.54, 1.807) is 45.3 Å². The SMILES string of the molecule is C[C@@H](C(=O)O)N(C(=O)C12CC3CC(CC(C3)C1)C2)c1ccc(OC(=O)N(C)C)cc1. The highest BCUT2D eigenvalue weighted by molar-refractivity contribution is 6.02. The molecule has 0 aromatic heterocycles. The molecule has 4 aliphatic carbocycles. The monoisotopic (exact) mass is 414 g/mol. The van der Waals surface area contributed by atoms with Gasteiger partial charge >= 0.3 is 12.1 Å². The highest BCUT2D eigenvalue weighted by Crippen LogP contribution is 2.60. The van der Waals surface area contributed by atoms with Crippen molar-refractivity contribution in [2.45, 2.75) is 51.5 Å². The van der Waals surface area contributed by atoms with E-state index < -0.39 is 23.5 Å². The molecule has 30 heavy (non-hydrogen) atoms. The first-order chi connectivity index (χ1) is 14.2. The molecule has 1 atom stereocenters. The normalized spacial score (nSPS) is 29.9. The zero-order valence-electron chi connectivity index (χ0n) is 17.8. The average molecular weight is 415 g/mol. The second kappa shape index (κ2) is 7.60. The zero-order valence-corrected chi connectivity index (χ0v) is 17.8. The molecule has 0 saturated heterocycles. The minimum absolute atomic E-state index is 0.0606. The van der Waals surface area contributed by atoms with E-state index in [0.717, 1.165) is 19.3 Å². The third-order valence-electron chi connectivity index (χ3n) is 7.14. The Balaban J connectivity index is 1.62. The van der Waals surface area contributed by atoms with E-state index >= 15 is 0 Å². The van der Waals surface area contributed by atoms with E-state index in [9.17, 15) is 19.5 Å². The van der Waals surface area contributed by atoms with E-state index in [0.29, 0.717) is 29.2 Å². The summed E-state index contributed by atoms with van der Waals surface area (Å²) in [6.07, 6.45) is 5.77. The van der Waals surface area contributed by atoms with Gasteiger partial charge in [0.2, 0.25) is 5.91 Å². The number of aliphatic carboxylic acids is 1. The van der Waals surface area contributed by atoms with Crippen LogP contribution in [-0.4, -0.2) is 48.1 Å². The molecule has 0 spiro atoms.